The van der Waals surface area contributed by atoms with Gasteiger partial charge in [0.15, 0.2) is 0 Å². The lowest BCUT2D eigenvalue weighted by Crippen LogP contribution is -2.34. The van der Waals surface area contributed by atoms with E-state index in [1.165, 1.54) is 0 Å². The van der Waals surface area contributed by atoms with Gasteiger partial charge in [-0.3, -0.25) is 15.8 Å². The van der Waals surface area contributed by atoms with Crippen molar-refractivity contribution in [1.29, 1.82) is 0 Å². The number of rotatable bonds is 1. The molecule has 6 heavy (non-hydrogen) atoms. The molecule has 38 valence electrons. The van der Waals surface area contributed by atoms with Crippen molar-refractivity contribution in [3.8, 4) is 0 Å². The lowest BCUT2D eigenvalue weighted by Gasteiger charge is -2.30. The van der Waals surface area contributed by atoms with Gasteiger partial charge in [-0.15, -0.1) is 0 Å². The fourth-order valence-electron chi connectivity index (χ4n) is 0. The van der Waals surface area contributed by atoms with E-state index >= 15 is 0 Å². The monoisotopic (exact) mass is 151 g/mol. The van der Waals surface area contributed by atoms with Crippen LogP contribution in [-0.4, -0.2) is 31.8 Å². The Hall–Kier alpha value is 0.505. The van der Waals surface area contributed by atoms with Gasteiger partial charge >= 0.3 is 0 Å². The average Bonchev–Trinajstić information content (AvgIpc) is 1.35. The first-order valence-electron chi connectivity index (χ1n) is 2.17. The molecule has 0 atom stereocenters. The molecule has 0 fully saturated rings. The van der Waals surface area contributed by atoms with E-state index in [2.05, 4.69) is 36.9 Å². The Morgan fingerprint density at radius 3 is 1.50 bits per heavy atom. The molecule has 0 spiro atoms. The normalized spacial score (nSPS) is 12.0. The van der Waals surface area contributed by atoms with E-state index in [4.69, 9.17) is 0 Å². The van der Waals surface area contributed by atoms with Crippen molar-refractivity contribution in [2.75, 3.05) is 21.1 Å². The van der Waals surface area contributed by atoms with Crippen LogP contribution in [0.5, 0.6) is 0 Å². The zero-order valence-electron chi connectivity index (χ0n) is 4.83. The molecule has 1 nitrogen and oxygen atoms in total. The highest BCUT2D eigenvalue weighted by Gasteiger charge is 1.91. The minimum absolute atomic E-state index is 0.104. The lowest BCUT2D eigenvalue weighted by molar-refractivity contribution is -0.751. The molecule has 0 heterocycles. The molecular formula is C3H11BBrN. The first-order chi connectivity index (χ1) is 2.56. The molecule has 0 amide bonds. The Morgan fingerprint density at radius 1 is 1.33 bits per heavy atom. The summed E-state index contributed by atoms with van der Waals surface area (Å²) in [5.74, 6) is 0. The maximum absolute atomic E-state index is 3.47. The lowest BCUT2D eigenvalue weighted by atomic mass is 10.3. The molecule has 0 aliphatic carbocycles. The molecule has 0 aliphatic heterocycles. The summed E-state index contributed by atoms with van der Waals surface area (Å²) in [6, 6.07) is 0. The molecule has 0 unspecified atom stereocenters. The maximum atomic E-state index is 3.47. The SMILES string of the molecule is C[N+](C)(C)[BH2-]Br. The molecule has 0 bridgehead atoms. The summed E-state index contributed by atoms with van der Waals surface area (Å²) in [5, 5.41) is 0. The van der Waals surface area contributed by atoms with Crippen LogP contribution in [0.15, 0.2) is 0 Å². The van der Waals surface area contributed by atoms with Gasteiger partial charge in [0.25, 0.3) is 0 Å². The van der Waals surface area contributed by atoms with Crippen molar-refractivity contribution >= 4 is 22.0 Å². The van der Waals surface area contributed by atoms with Crippen molar-refractivity contribution in [3.63, 3.8) is 0 Å². The van der Waals surface area contributed by atoms with Gasteiger partial charge in [0.05, 0.1) is 0 Å². The van der Waals surface area contributed by atoms with E-state index in [9.17, 15) is 0 Å². The predicted octanol–water partition coefficient (Wildman–Crippen LogP) is 0.0863. The Balaban J connectivity index is 3.17. The molecule has 0 radical (unpaired) electrons. The fraction of sp³-hybridized carbons (Fsp3) is 1.00. The largest absolute Gasteiger partial charge is 0.518 e. The van der Waals surface area contributed by atoms with Gasteiger partial charge in [-0.25, -0.2) is 0 Å². The van der Waals surface area contributed by atoms with Gasteiger partial charge in [0, 0.05) is 21.1 Å². The average molecular weight is 152 g/mol. The molecule has 0 N–H and O–H groups in total. The zero-order chi connectivity index (χ0) is 5.21. The van der Waals surface area contributed by atoms with Crippen LogP contribution in [-0.2, 0) is 0 Å². The smallest absolute Gasteiger partial charge is 0.244 e. The van der Waals surface area contributed by atoms with E-state index in [1.807, 2.05) is 0 Å². The third-order valence-electron chi connectivity index (χ3n) is 0.507. The quantitative estimate of drug-likeness (QED) is 0.467. The van der Waals surface area contributed by atoms with E-state index in [-0.39, 0.29) is 6.24 Å². The van der Waals surface area contributed by atoms with E-state index in [0.29, 0.717) is 0 Å². The number of quaternary nitrogens is 1. The first kappa shape index (κ1) is 6.50. The molecule has 3 heteroatoms. The van der Waals surface area contributed by atoms with E-state index in [1.54, 1.807) is 0 Å². The van der Waals surface area contributed by atoms with Gasteiger partial charge in [-0.2, -0.15) is 0 Å². The standard InChI is InChI=1S/C3H11BBrN/c1-6(2,3)4-5/h4H2,1-3H3. The molecule has 0 aromatic carbocycles. The molecular weight excluding hydrogens is 141 g/mol. The van der Waals surface area contributed by atoms with Gasteiger partial charge in [-0.1, -0.05) is 0 Å². The summed E-state index contributed by atoms with van der Waals surface area (Å²) in [5.41, 5.74) is 0. The Morgan fingerprint density at radius 2 is 1.50 bits per heavy atom. The second kappa shape index (κ2) is 1.98. The minimum atomic E-state index is 0.104. The second-order valence-electron chi connectivity index (χ2n) is 2.85. The minimum Gasteiger partial charge on any atom is -0.518 e. The second-order valence-corrected chi connectivity index (χ2v) is 3.56. The Kier molecular flexibility index (Phi) is 2.15. The van der Waals surface area contributed by atoms with Crippen molar-refractivity contribution in [3.05, 3.63) is 0 Å². The van der Waals surface area contributed by atoms with Crippen LogP contribution in [0.2, 0.25) is 0 Å². The van der Waals surface area contributed by atoms with E-state index < -0.39 is 0 Å². The molecule has 0 saturated heterocycles. The van der Waals surface area contributed by atoms with Crippen molar-refractivity contribution in [1.82, 2.24) is 0 Å². The van der Waals surface area contributed by atoms with Gasteiger partial charge in [0.2, 0.25) is 6.24 Å². The highest BCUT2D eigenvalue weighted by atomic mass is 79.9. The summed E-state index contributed by atoms with van der Waals surface area (Å²) < 4.78 is 1.11. The Labute approximate surface area is 48.2 Å². The number of hydrogen-bond donors (Lipinski definition) is 0. The third-order valence-corrected chi connectivity index (χ3v) is 2.63. The van der Waals surface area contributed by atoms with Crippen LogP contribution in [0.4, 0.5) is 0 Å². The van der Waals surface area contributed by atoms with E-state index in [0.717, 1.165) is 4.39 Å². The van der Waals surface area contributed by atoms with Crippen LogP contribution in [0.1, 0.15) is 0 Å². The summed E-state index contributed by atoms with van der Waals surface area (Å²) in [4.78, 5) is 0. The van der Waals surface area contributed by atoms with Crippen LogP contribution in [0.25, 0.3) is 0 Å². The molecule has 0 aliphatic rings. The first-order valence-corrected chi connectivity index (χ1v) is 3.75. The Bertz CT molecular complexity index is 40.5. The summed E-state index contributed by atoms with van der Waals surface area (Å²) in [6.07, 6.45) is 0.104. The molecule has 0 aromatic heterocycles. The van der Waals surface area contributed by atoms with Crippen molar-refractivity contribution in [2.24, 2.45) is 0 Å². The topological polar surface area (TPSA) is 0 Å². The predicted molar refractivity (Wildman–Crippen MR) is 35.5 cm³/mol. The summed E-state index contributed by atoms with van der Waals surface area (Å²) >= 11 is 3.47. The molecule has 0 saturated carbocycles. The summed E-state index contributed by atoms with van der Waals surface area (Å²) in [7, 11) is 6.57. The summed E-state index contributed by atoms with van der Waals surface area (Å²) in [6.45, 7) is 0. The van der Waals surface area contributed by atoms with Gasteiger partial charge < -0.3 is 4.39 Å². The number of hydrogen-bond acceptors (Lipinski definition) is 0. The number of halogens is 1. The van der Waals surface area contributed by atoms with Crippen LogP contribution >= 0.6 is 15.8 Å². The van der Waals surface area contributed by atoms with Gasteiger partial charge in [0.1, 0.15) is 0 Å². The highest BCUT2D eigenvalue weighted by Crippen LogP contribution is 1.88. The van der Waals surface area contributed by atoms with Crippen molar-refractivity contribution < 1.29 is 4.39 Å². The van der Waals surface area contributed by atoms with Crippen LogP contribution in [0, 0.1) is 0 Å². The maximum Gasteiger partial charge on any atom is 0.244 e. The van der Waals surface area contributed by atoms with Crippen molar-refractivity contribution in [2.45, 2.75) is 0 Å². The third kappa shape index (κ3) is 4.50. The zero-order valence-corrected chi connectivity index (χ0v) is 6.41. The molecule has 0 rings (SSSR count). The van der Waals surface area contributed by atoms with Gasteiger partial charge in [-0.05, 0) is 0 Å². The molecule has 0 aromatic rings. The highest BCUT2D eigenvalue weighted by molar-refractivity contribution is 9.23. The van der Waals surface area contributed by atoms with Crippen LogP contribution < -0.4 is 0 Å². The fourth-order valence-corrected chi connectivity index (χ4v) is 0. The number of nitrogens with zero attached hydrogens (tertiary/aromatic N) is 1. The van der Waals surface area contributed by atoms with Crippen LogP contribution in [0.3, 0.4) is 0 Å².